The Morgan fingerprint density at radius 3 is 2.86 bits per heavy atom. The van der Waals surface area contributed by atoms with Gasteiger partial charge in [-0.2, -0.15) is 0 Å². The lowest BCUT2D eigenvalue weighted by atomic mass is 10.2. The molecule has 2 rings (SSSR count). The van der Waals surface area contributed by atoms with Gasteiger partial charge >= 0.3 is 0 Å². The second kappa shape index (κ2) is 3.46. The number of hydrogen-bond donors (Lipinski definition) is 0. The van der Waals surface area contributed by atoms with Crippen molar-refractivity contribution in [2.45, 2.75) is 12.8 Å². The SMILES string of the molecule is CC(=O)n1ccc2cccc(CCl)c21. The number of para-hydroxylation sites is 1. The maximum atomic E-state index is 11.3. The Balaban J connectivity index is 2.81. The van der Waals surface area contributed by atoms with Crippen molar-refractivity contribution in [2.75, 3.05) is 0 Å². The predicted octanol–water partition coefficient (Wildman–Crippen LogP) is 3.04. The molecule has 0 atom stereocenters. The Hall–Kier alpha value is -1.28. The average Bonchev–Trinajstić information content (AvgIpc) is 2.60. The smallest absolute Gasteiger partial charge is 0.227 e. The number of halogens is 1. The maximum Gasteiger partial charge on any atom is 0.227 e. The highest BCUT2D eigenvalue weighted by Crippen LogP contribution is 2.21. The van der Waals surface area contributed by atoms with E-state index < -0.39 is 0 Å². The Bertz CT molecular complexity index is 487. The summed E-state index contributed by atoms with van der Waals surface area (Å²) in [4.78, 5) is 11.3. The van der Waals surface area contributed by atoms with Gasteiger partial charge in [0.05, 0.1) is 5.52 Å². The van der Waals surface area contributed by atoms with Gasteiger partial charge in [0.25, 0.3) is 0 Å². The molecule has 0 fully saturated rings. The summed E-state index contributed by atoms with van der Waals surface area (Å²) in [5.41, 5.74) is 1.92. The van der Waals surface area contributed by atoms with Crippen LogP contribution in [0.2, 0.25) is 0 Å². The summed E-state index contributed by atoms with van der Waals surface area (Å²) in [6.07, 6.45) is 1.78. The van der Waals surface area contributed by atoms with Gasteiger partial charge in [-0.3, -0.25) is 9.36 Å². The van der Waals surface area contributed by atoms with Gasteiger partial charge in [0.1, 0.15) is 0 Å². The zero-order valence-corrected chi connectivity index (χ0v) is 8.58. The molecule has 72 valence electrons. The Labute approximate surface area is 87.1 Å². The highest BCUT2D eigenvalue weighted by Gasteiger charge is 2.07. The Morgan fingerprint density at radius 2 is 2.21 bits per heavy atom. The average molecular weight is 208 g/mol. The molecule has 3 heteroatoms. The summed E-state index contributed by atoms with van der Waals surface area (Å²) >= 11 is 5.81. The van der Waals surface area contributed by atoms with Crippen LogP contribution in [0.15, 0.2) is 30.5 Å². The van der Waals surface area contributed by atoms with E-state index >= 15 is 0 Å². The molecule has 1 heterocycles. The minimum Gasteiger partial charge on any atom is -0.287 e. The van der Waals surface area contributed by atoms with Crippen LogP contribution >= 0.6 is 11.6 Å². The van der Waals surface area contributed by atoms with Gasteiger partial charge in [-0.25, -0.2) is 0 Å². The van der Waals surface area contributed by atoms with Crippen molar-refractivity contribution < 1.29 is 4.79 Å². The van der Waals surface area contributed by atoms with E-state index in [1.165, 1.54) is 0 Å². The van der Waals surface area contributed by atoms with Gasteiger partial charge < -0.3 is 0 Å². The van der Waals surface area contributed by atoms with Crippen molar-refractivity contribution in [2.24, 2.45) is 0 Å². The van der Waals surface area contributed by atoms with Gasteiger partial charge in [-0.15, -0.1) is 11.6 Å². The molecule has 0 radical (unpaired) electrons. The third-order valence-electron chi connectivity index (χ3n) is 2.28. The lowest BCUT2D eigenvalue weighted by Crippen LogP contribution is -2.04. The van der Waals surface area contributed by atoms with Crippen molar-refractivity contribution in [3.05, 3.63) is 36.0 Å². The molecule has 0 saturated carbocycles. The number of carbonyl (C=O) groups excluding carboxylic acids is 1. The summed E-state index contributed by atoms with van der Waals surface area (Å²) in [5, 5.41) is 1.05. The minimum absolute atomic E-state index is 0.0116. The lowest BCUT2D eigenvalue weighted by molar-refractivity contribution is 0.0941. The zero-order chi connectivity index (χ0) is 10.1. The molecule has 0 amide bonds. The van der Waals surface area contributed by atoms with E-state index in [0.29, 0.717) is 5.88 Å². The van der Waals surface area contributed by atoms with Crippen LogP contribution in [0.3, 0.4) is 0 Å². The van der Waals surface area contributed by atoms with Crippen LogP contribution in [0.1, 0.15) is 17.3 Å². The fourth-order valence-electron chi connectivity index (χ4n) is 1.64. The molecule has 0 aliphatic heterocycles. The molecule has 0 spiro atoms. The quantitative estimate of drug-likeness (QED) is 0.659. The van der Waals surface area contributed by atoms with Crippen molar-refractivity contribution in [1.82, 2.24) is 4.57 Å². The molecule has 2 aromatic rings. The Morgan fingerprint density at radius 1 is 1.43 bits per heavy atom. The molecule has 2 nitrogen and oxygen atoms in total. The first-order valence-corrected chi connectivity index (χ1v) is 4.93. The number of aromatic nitrogens is 1. The fourth-order valence-corrected chi connectivity index (χ4v) is 1.85. The molecule has 0 unspecified atom stereocenters. The summed E-state index contributed by atoms with van der Waals surface area (Å²) in [6, 6.07) is 7.79. The lowest BCUT2D eigenvalue weighted by Gasteiger charge is -2.03. The number of alkyl halides is 1. The largest absolute Gasteiger partial charge is 0.287 e. The second-order valence-corrected chi connectivity index (χ2v) is 3.46. The van der Waals surface area contributed by atoms with E-state index in [1.54, 1.807) is 17.7 Å². The third-order valence-corrected chi connectivity index (χ3v) is 2.57. The van der Waals surface area contributed by atoms with Crippen LogP contribution in [0.25, 0.3) is 10.9 Å². The molecule has 0 N–H and O–H groups in total. The number of rotatable bonds is 1. The molecule has 14 heavy (non-hydrogen) atoms. The van der Waals surface area contributed by atoms with Crippen molar-refractivity contribution in [1.29, 1.82) is 0 Å². The van der Waals surface area contributed by atoms with E-state index in [9.17, 15) is 4.79 Å². The third kappa shape index (κ3) is 1.32. The zero-order valence-electron chi connectivity index (χ0n) is 7.83. The van der Waals surface area contributed by atoms with Crippen molar-refractivity contribution in [3.63, 3.8) is 0 Å². The van der Waals surface area contributed by atoms with E-state index in [4.69, 9.17) is 11.6 Å². The number of hydrogen-bond acceptors (Lipinski definition) is 1. The molecule has 0 aliphatic rings. The van der Waals surface area contributed by atoms with E-state index in [-0.39, 0.29) is 5.91 Å². The summed E-state index contributed by atoms with van der Waals surface area (Å²) in [7, 11) is 0. The number of carbonyl (C=O) groups is 1. The van der Waals surface area contributed by atoms with Gasteiger partial charge in [-0.05, 0) is 11.6 Å². The van der Waals surface area contributed by atoms with Crippen LogP contribution in [0.4, 0.5) is 0 Å². The van der Waals surface area contributed by atoms with Crippen LogP contribution in [-0.2, 0) is 5.88 Å². The highest BCUT2D eigenvalue weighted by atomic mass is 35.5. The molecule has 1 aromatic heterocycles. The molecule has 0 saturated heterocycles. The van der Waals surface area contributed by atoms with Gasteiger partial charge in [0, 0.05) is 24.4 Å². The minimum atomic E-state index is 0.0116. The van der Waals surface area contributed by atoms with E-state index in [1.807, 2.05) is 24.3 Å². The standard InChI is InChI=1S/C11H10ClNO/c1-8(14)13-6-5-9-3-2-4-10(7-12)11(9)13/h2-6H,7H2,1H3. The van der Waals surface area contributed by atoms with E-state index in [0.717, 1.165) is 16.5 Å². The molecule has 1 aromatic carbocycles. The second-order valence-electron chi connectivity index (χ2n) is 3.19. The number of benzene rings is 1. The number of nitrogens with zero attached hydrogens (tertiary/aromatic N) is 1. The van der Waals surface area contributed by atoms with Crippen LogP contribution in [0.5, 0.6) is 0 Å². The normalized spacial score (nSPS) is 10.7. The first-order valence-electron chi connectivity index (χ1n) is 4.40. The summed E-state index contributed by atoms with van der Waals surface area (Å²) in [6.45, 7) is 1.55. The summed E-state index contributed by atoms with van der Waals surface area (Å²) in [5.74, 6) is 0.437. The van der Waals surface area contributed by atoms with Crippen LogP contribution in [0, 0.1) is 0 Å². The topological polar surface area (TPSA) is 22.0 Å². The van der Waals surface area contributed by atoms with Crippen molar-refractivity contribution >= 4 is 28.4 Å². The monoisotopic (exact) mass is 207 g/mol. The highest BCUT2D eigenvalue weighted by molar-refractivity contribution is 6.18. The summed E-state index contributed by atoms with van der Waals surface area (Å²) < 4.78 is 1.63. The van der Waals surface area contributed by atoms with Crippen molar-refractivity contribution in [3.8, 4) is 0 Å². The van der Waals surface area contributed by atoms with Crippen LogP contribution in [-0.4, -0.2) is 10.5 Å². The molecule has 0 aliphatic carbocycles. The molecular weight excluding hydrogens is 198 g/mol. The fraction of sp³-hybridized carbons (Fsp3) is 0.182. The maximum absolute atomic E-state index is 11.3. The van der Waals surface area contributed by atoms with E-state index in [2.05, 4.69) is 0 Å². The first-order chi connectivity index (χ1) is 6.74. The Kier molecular flexibility index (Phi) is 2.30. The molecule has 0 bridgehead atoms. The van der Waals surface area contributed by atoms with Crippen LogP contribution < -0.4 is 0 Å². The first kappa shape index (κ1) is 9.28. The van der Waals surface area contributed by atoms with Gasteiger partial charge in [0.2, 0.25) is 5.91 Å². The van der Waals surface area contributed by atoms with Gasteiger partial charge in [-0.1, -0.05) is 18.2 Å². The predicted molar refractivity (Wildman–Crippen MR) is 57.8 cm³/mol. The molecular formula is C11H10ClNO. The van der Waals surface area contributed by atoms with Gasteiger partial charge in [0.15, 0.2) is 0 Å². The number of fused-ring (bicyclic) bond motifs is 1.